The van der Waals surface area contributed by atoms with E-state index < -0.39 is 10.1 Å². The van der Waals surface area contributed by atoms with Gasteiger partial charge in [0.05, 0.1) is 0 Å². The van der Waals surface area contributed by atoms with Crippen molar-refractivity contribution < 1.29 is 13.0 Å². The molecule has 0 aliphatic carbocycles. The van der Waals surface area contributed by atoms with Gasteiger partial charge in [-0.15, -0.1) is 0 Å². The minimum absolute atomic E-state index is 0.287. The first kappa shape index (κ1) is 8.95. The second-order valence-corrected chi connectivity index (χ2v) is 3.71. The second-order valence-electron chi connectivity index (χ2n) is 2.29. The molecule has 0 saturated carbocycles. The average Bonchev–Trinajstić information content (AvgIpc) is 1.92. The van der Waals surface area contributed by atoms with Gasteiger partial charge in [0.1, 0.15) is 4.90 Å². The van der Waals surface area contributed by atoms with E-state index in [9.17, 15) is 13.2 Å². The molecule has 66 valence electrons. The maximum Gasteiger partial charge on any atom is 0.295 e. The Morgan fingerprint density at radius 1 is 1.42 bits per heavy atom. The molecule has 6 heteroatoms. The number of aryl methyl sites for hydroxylation is 1. The molecule has 0 radical (unpaired) electrons. The summed E-state index contributed by atoms with van der Waals surface area (Å²) >= 11 is 0. The average molecular weight is 189 g/mol. The molecule has 0 amide bonds. The Balaban J connectivity index is 3.43. The normalized spacial score (nSPS) is 11.5. The summed E-state index contributed by atoms with van der Waals surface area (Å²) < 4.78 is 30.7. The lowest BCUT2D eigenvalue weighted by Gasteiger charge is -1.98. The predicted molar refractivity (Wildman–Crippen MR) is 41.5 cm³/mol. The van der Waals surface area contributed by atoms with Gasteiger partial charge in [-0.25, -0.2) is 0 Å². The van der Waals surface area contributed by atoms with E-state index in [0.717, 1.165) is 22.9 Å². The SMILES string of the molecule is Cn1cc(S(=O)(=O)O)ccc1=O. The standard InChI is InChI=1S/C6H7NO4S/c1-7-4-5(12(9,10)11)2-3-6(7)8/h2-4H,1H3,(H,9,10,11). The van der Waals surface area contributed by atoms with Crippen molar-refractivity contribution in [1.82, 2.24) is 4.57 Å². The number of hydrogen-bond acceptors (Lipinski definition) is 3. The van der Waals surface area contributed by atoms with Crippen LogP contribution in [0.2, 0.25) is 0 Å². The Morgan fingerprint density at radius 2 is 2.00 bits per heavy atom. The molecule has 0 fully saturated rings. The molecular weight excluding hydrogens is 182 g/mol. The zero-order valence-corrected chi connectivity index (χ0v) is 7.08. The minimum atomic E-state index is -4.20. The second kappa shape index (κ2) is 2.72. The number of hydrogen-bond donors (Lipinski definition) is 1. The van der Waals surface area contributed by atoms with Crippen molar-refractivity contribution in [3.05, 3.63) is 28.7 Å². The summed E-state index contributed by atoms with van der Waals surface area (Å²) in [6.45, 7) is 0. The third kappa shape index (κ3) is 1.72. The topological polar surface area (TPSA) is 76.4 Å². The highest BCUT2D eigenvalue weighted by Crippen LogP contribution is 2.03. The molecule has 1 aromatic rings. The summed E-state index contributed by atoms with van der Waals surface area (Å²) in [6.07, 6.45) is 1.05. The van der Waals surface area contributed by atoms with Crippen LogP contribution in [0.5, 0.6) is 0 Å². The summed E-state index contributed by atoms with van der Waals surface area (Å²) in [4.78, 5) is 10.5. The number of rotatable bonds is 1. The van der Waals surface area contributed by atoms with E-state index >= 15 is 0 Å². The van der Waals surface area contributed by atoms with Crippen LogP contribution in [0.4, 0.5) is 0 Å². The monoisotopic (exact) mass is 189 g/mol. The molecular formula is C6H7NO4S. The molecule has 1 heterocycles. The zero-order valence-electron chi connectivity index (χ0n) is 6.26. The summed E-state index contributed by atoms with van der Waals surface area (Å²) in [5.41, 5.74) is -0.331. The molecule has 5 nitrogen and oxygen atoms in total. The van der Waals surface area contributed by atoms with Gasteiger partial charge in [-0.3, -0.25) is 9.35 Å². The summed E-state index contributed by atoms with van der Waals surface area (Å²) in [5, 5.41) is 0. The van der Waals surface area contributed by atoms with Crippen molar-refractivity contribution in [2.24, 2.45) is 7.05 Å². The zero-order chi connectivity index (χ0) is 9.35. The molecule has 0 aromatic carbocycles. The van der Waals surface area contributed by atoms with E-state index in [1.807, 2.05) is 0 Å². The Bertz CT molecular complexity index is 445. The van der Waals surface area contributed by atoms with Crippen LogP contribution in [0, 0.1) is 0 Å². The predicted octanol–water partition coefficient (Wildman–Crippen LogP) is -0.368. The Morgan fingerprint density at radius 3 is 2.42 bits per heavy atom. The van der Waals surface area contributed by atoms with Gasteiger partial charge in [-0.05, 0) is 6.07 Å². The van der Waals surface area contributed by atoms with Gasteiger partial charge in [-0.2, -0.15) is 8.42 Å². The molecule has 0 aliphatic rings. The van der Waals surface area contributed by atoms with Gasteiger partial charge < -0.3 is 4.57 Å². The quantitative estimate of drug-likeness (QED) is 0.611. The van der Waals surface area contributed by atoms with E-state index in [1.165, 1.54) is 7.05 Å². The smallest absolute Gasteiger partial charge is 0.295 e. The fraction of sp³-hybridized carbons (Fsp3) is 0.167. The van der Waals surface area contributed by atoms with Gasteiger partial charge in [0.2, 0.25) is 5.56 Å². The fourth-order valence-corrected chi connectivity index (χ4v) is 1.25. The van der Waals surface area contributed by atoms with Crippen LogP contribution in [0.15, 0.2) is 28.0 Å². The molecule has 0 unspecified atom stereocenters. The highest BCUT2D eigenvalue weighted by Gasteiger charge is 2.09. The van der Waals surface area contributed by atoms with E-state index in [0.29, 0.717) is 0 Å². The first-order chi connectivity index (χ1) is 5.41. The van der Waals surface area contributed by atoms with Crippen LogP contribution >= 0.6 is 0 Å². The van der Waals surface area contributed by atoms with Crippen molar-refractivity contribution in [2.75, 3.05) is 0 Å². The van der Waals surface area contributed by atoms with Crippen molar-refractivity contribution in [2.45, 2.75) is 4.90 Å². The lowest BCUT2D eigenvalue weighted by Crippen LogP contribution is -2.16. The van der Waals surface area contributed by atoms with Crippen LogP contribution in [0.1, 0.15) is 0 Å². The van der Waals surface area contributed by atoms with E-state index in [-0.39, 0.29) is 10.5 Å². The molecule has 1 N–H and O–H groups in total. The van der Waals surface area contributed by atoms with Gasteiger partial charge in [0.25, 0.3) is 10.1 Å². The maximum atomic E-state index is 10.8. The van der Waals surface area contributed by atoms with Crippen molar-refractivity contribution in [3.63, 3.8) is 0 Å². The molecule has 0 atom stereocenters. The third-order valence-electron chi connectivity index (χ3n) is 1.36. The van der Waals surface area contributed by atoms with E-state index in [2.05, 4.69) is 0 Å². The lowest BCUT2D eigenvalue weighted by atomic mass is 10.5. The van der Waals surface area contributed by atoms with Gasteiger partial charge in [-0.1, -0.05) is 0 Å². The first-order valence-corrected chi connectivity index (χ1v) is 4.49. The van der Waals surface area contributed by atoms with E-state index in [1.54, 1.807) is 0 Å². The third-order valence-corrected chi connectivity index (χ3v) is 2.19. The van der Waals surface area contributed by atoms with Crippen molar-refractivity contribution in [1.29, 1.82) is 0 Å². The summed E-state index contributed by atoms with van der Waals surface area (Å²) in [5.74, 6) is 0. The lowest BCUT2D eigenvalue weighted by molar-refractivity contribution is 0.482. The van der Waals surface area contributed by atoms with Crippen LogP contribution in [-0.2, 0) is 17.2 Å². The highest BCUT2D eigenvalue weighted by atomic mass is 32.2. The van der Waals surface area contributed by atoms with Crippen molar-refractivity contribution in [3.8, 4) is 0 Å². The Kier molecular flexibility index (Phi) is 2.03. The van der Waals surface area contributed by atoms with Crippen LogP contribution in [0.3, 0.4) is 0 Å². The van der Waals surface area contributed by atoms with Crippen LogP contribution < -0.4 is 5.56 Å². The molecule has 1 rings (SSSR count). The summed E-state index contributed by atoms with van der Waals surface area (Å²) in [7, 11) is -2.80. The van der Waals surface area contributed by atoms with Crippen LogP contribution in [-0.4, -0.2) is 17.5 Å². The number of aromatic nitrogens is 1. The summed E-state index contributed by atoms with van der Waals surface area (Å²) in [6, 6.07) is 2.13. The number of nitrogens with zero attached hydrogens (tertiary/aromatic N) is 1. The minimum Gasteiger partial charge on any atom is -0.317 e. The largest absolute Gasteiger partial charge is 0.317 e. The molecule has 0 bridgehead atoms. The van der Waals surface area contributed by atoms with Gasteiger partial charge in [0, 0.05) is 19.3 Å². The van der Waals surface area contributed by atoms with E-state index in [4.69, 9.17) is 4.55 Å². The Hall–Kier alpha value is -1.14. The molecule has 12 heavy (non-hydrogen) atoms. The van der Waals surface area contributed by atoms with Gasteiger partial charge >= 0.3 is 0 Å². The molecule has 0 saturated heterocycles. The molecule has 0 spiro atoms. The van der Waals surface area contributed by atoms with Gasteiger partial charge in [0.15, 0.2) is 0 Å². The number of pyridine rings is 1. The maximum absolute atomic E-state index is 10.8. The molecule has 0 aliphatic heterocycles. The molecule has 1 aromatic heterocycles. The fourth-order valence-electron chi connectivity index (χ4n) is 0.721. The Labute approximate surface area is 69.0 Å². The van der Waals surface area contributed by atoms with Crippen molar-refractivity contribution >= 4 is 10.1 Å². The first-order valence-electron chi connectivity index (χ1n) is 3.05. The highest BCUT2D eigenvalue weighted by molar-refractivity contribution is 7.85. The van der Waals surface area contributed by atoms with Crippen LogP contribution in [0.25, 0.3) is 0 Å².